The standard InChI is InChI=1S/C7H16O7S2/c8-2-5-15(11,12)4-1-7(10)16(13,14)6-3-9/h7-10H,1-6H2. The van der Waals surface area contributed by atoms with Crippen molar-refractivity contribution >= 4 is 19.7 Å². The fourth-order valence-electron chi connectivity index (χ4n) is 0.964. The molecule has 98 valence electrons. The van der Waals surface area contributed by atoms with Crippen molar-refractivity contribution in [2.75, 3.05) is 30.5 Å². The van der Waals surface area contributed by atoms with Gasteiger partial charge in [-0.2, -0.15) is 0 Å². The SMILES string of the molecule is O=S(=O)(CCO)CCC(O)S(=O)(=O)CCO. The molecular formula is C7H16O7S2. The van der Waals surface area contributed by atoms with E-state index in [1.54, 1.807) is 0 Å². The van der Waals surface area contributed by atoms with E-state index in [2.05, 4.69) is 0 Å². The molecule has 0 aromatic heterocycles. The predicted octanol–water partition coefficient (Wildman–Crippen LogP) is -2.49. The Balaban J connectivity index is 4.33. The highest BCUT2D eigenvalue weighted by Crippen LogP contribution is 2.06. The molecule has 0 heterocycles. The van der Waals surface area contributed by atoms with Crippen LogP contribution in [0.5, 0.6) is 0 Å². The molecule has 0 aromatic rings. The van der Waals surface area contributed by atoms with Crippen LogP contribution in [0.25, 0.3) is 0 Å². The van der Waals surface area contributed by atoms with Crippen molar-refractivity contribution in [2.24, 2.45) is 0 Å². The van der Waals surface area contributed by atoms with Gasteiger partial charge < -0.3 is 15.3 Å². The Morgan fingerprint density at radius 1 is 0.875 bits per heavy atom. The number of sulfone groups is 2. The molecule has 16 heavy (non-hydrogen) atoms. The minimum Gasteiger partial charge on any atom is -0.395 e. The first-order chi connectivity index (χ1) is 7.25. The van der Waals surface area contributed by atoms with E-state index in [0.717, 1.165) is 0 Å². The van der Waals surface area contributed by atoms with Crippen molar-refractivity contribution in [2.45, 2.75) is 11.9 Å². The van der Waals surface area contributed by atoms with Crippen molar-refractivity contribution in [3.05, 3.63) is 0 Å². The molecule has 9 heteroatoms. The third-order valence-corrected chi connectivity index (χ3v) is 5.35. The molecule has 0 aliphatic heterocycles. The number of hydrogen-bond acceptors (Lipinski definition) is 7. The Labute approximate surface area is 94.6 Å². The lowest BCUT2D eigenvalue weighted by atomic mass is 10.5. The summed E-state index contributed by atoms with van der Waals surface area (Å²) in [5.41, 5.74) is -1.80. The normalized spacial score (nSPS) is 14.9. The minimum atomic E-state index is -3.87. The summed E-state index contributed by atoms with van der Waals surface area (Å²) in [6.45, 7) is -1.16. The number of rotatable bonds is 8. The van der Waals surface area contributed by atoms with Crippen LogP contribution >= 0.6 is 0 Å². The van der Waals surface area contributed by atoms with Crippen molar-refractivity contribution in [3.63, 3.8) is 0 Å². The molecule has 1 atom stereocenters. The van der Waals surface area contributed by atoms with Gasteiger partial charge in [-0.3, -0.25) is 0 Å². The number of aliphatic hydroxyl groups excluding tert-OH is 3. The van der Waals surface area contributed by atoms with Gasteiger partial charge in [0, 0.05) is 6.42 Å². The minimum absolute atomic E-state index is 0.454. The van der Waals surface area contributed by atoms with Gasteiger partial charge in [-0.15, -0.1) is 0 Å². The van der Waals surface area contributed by atoms with Crippen LogP contribution in [0.2, 0.25) is 0 Å². The molecule has 0 bridgehead atoms. The molecule has 0 saturated carbocycles. The van der Waals surface area contributed by atoms with Gasteiger partial charge in [0.2, 0.25) is 0 Å². The van der Waals surface area contributed by atoms with Crippen molar-refractivity contribution in [1.82, 2.24) is 0 Å². The van der Waals surface area contributed by atoms with E-state index in [1.807, 2.05) is 0 Å². The van der Waals surface area contributed by atoms with E-state index < -0.39 is 62.0 Å². The zero-order chi connectivity index (χ0) is 12.8. The smallest absolute Gasteiger partial charge is 0.179 e. The number of aliphatic hydroxyl groups is 3. The highest BCUT2D eigenvalue weighted by atomic mass is 32.2. The zero-order valence-electron chi connectivity index (χ0n) is 8.61. The average Bonchev–Trinajstić information content (AvgIpc) is 2.14. The van der Waals surface area contributed by atoms with E-state index in [9.17, 15) is 21.9 Å². The summed E-state index contributed by atoms with van der Waals surface area (Å²) < 4.78 is 44.5. The van der Waals surface area contributed by atoms with Crippen LogP contribution < -0.4 is 0 Å². The second-order valence-corrected chi connectivity index (χ2v) is 7.79. The zero-order valence-corrected chi connectivity index (χ0v) is 10.2. The van der Waals surface area contributed by atoms with Crippen LogP contribution in [-0.4, -0.2) is 68.1 Å². The molecule has 1 unspecified atom stereocenters. The van der Waals surface area contributed by atoms with Crippen molar-refractivity contribution in [1.29, 1.82) is 0 Å². The molecular weight excluding hydrogens is 260 g/mol. The molecule has 0 fully saturated rings. The summed E-state index contributed by atoms with van der Waals surface area (Å²) in [4.78, 5) is 0. The summed E-state index contributed by atoms with van der Waals surface area (Å²) >= 11 is 0. The van der Waals surface area contributed by atoms with Crippen LogP contribution in [0, 0.1) is 0 Å². The first-order valence-electron chi connectivity index (χ1n) is 4.57. The Morgan fingerprint density at radius 2 is 1.38 bits per heavy atom. The largest absolute Gasteiger partial charge is 0.395 e. The second-order valence-electron chi connectivity index (χ2n) is 3.21. The van der Waals surface area contributed by atoms with Crippen molar-refractivity contribution in [3.8, 4) is 0 Å². The molecule has 0 aliphatic carbocycles. The fraction of sp³-hybridized carbons (Fsp3) is 1.00. The van der Waals surface area contributed by atoms with Gasteiger partial charge in [0.1, 0.15) is 0 Å². The lowest BCUT2D eigenvalue weighted by Gasteiger charge is -2.10. The fourth-order valence-corrected chi connectivity index (χ4v) is 3.18. The van der Waals surface area contributed by atoms with Crippen LogP contribution in [-0.2, 0) is 19.7 Å². The van der Waals surface area contributed by atoms with Crippen LogP contribution in [0.15, 0.2) is 0 Å². The molecule has 7 nitrogen and oxygen atoms in total. The molecule has 0 radical (unpaired) electrons. The lowest BCUT2D eigenvalue weighted by Crippen LogP contribution is -2.28. The van der Waals surface area contributed by atoms with Gasteiger partial charge in [-0.25, -0.2) is 16.8 Å². The Hall–Kier alpha value is -0.220. The monoisotopic (exact) mass is 276 g/mol. The van der Waals surface area contributed by atoms with E-state index in [0.29, 0.717) is 0 Å². The first kappa shape index (κ1) is 15.8. The van der Waals surface area contributed by atoms with Gasteiger partial charge in [0.15, 0.2) is 25.1 Å². The quantitative estimate of drug-likeness (QED) is 0.447. The van der Waals surface area contributed by atoms with Crippen LogP contribution in [0.4, 0.5) is 0 Å². The second kappa shape index (κ2) is 6.50. The maximum Gasteiger partial charge on any atom is 0.179 e. The maximum absolute atomic E-state index is 11.2. The van der Waals surface area contributed by atoms with E-state index in [1.165, 1.54) is 0 Å². The molecule has 0 aliphatic rings. The highest BCUT2D eigenvalue weighted by molar-refractivity contribution is 7.92. The predicted molar refractivity (Wildman–Crippen MR) is 57.2 cm³/mol. The highest BCUT2D eigenvalue weighted by Gasteiger charge is 2.24. The summed E-state index contributed by atoms with van der Waals surface area (Å²) in [6.07, 6.45) is -0.454. The summed E-state index contributed by atoms with van der Waals surface area (Å²) in [6, 6.07) is 0. The van der Waals surface area contributed by atoms with Crippen LogP contribution in [0.1, 0.15) is 6.42 Å². The Bertz CT molecular complexity index is 383. The molecule has 0 spiro atoms. The van der Waals surface area contributed by atoms with E-state index >= 15 is 0 Å². The lowest BCUT2D eigenvalue weighted by molar-refractivity contribution is 0.242. The molecule has 0 rings (SSSR count). The third kappa shape index (κ3) is 5.75. The Morgan fingerprint density at radius 3 is 1.81 bits per heavy atom. The third-order valence-electron chi connectivity index (χ3n) is 1.87. The van der Waals surface area contributed by atoms with Gasteiger partial charge in [-0.05, 0) is 0 Å². The summed E-state index contributed by atoms with van der Waals surface area (Å²) in [7, 11) is -7.41. The Kier molecular flexibility index (Phi) is 6.41. The van der Waals surface area contributed by atoms with Crippen LogP contribution in [0.3, 0.4) is 0 Å². The average molecular weight is 276 g/mol. The van der Waals surface area contributed by atoms with E-state index in [-0.39, 0.29) is 0 Å². The first-order valence-corrected chi connectivity index (χ1v) is 8.10. The molecule has 3 N–H and O–H groups in total. The van der Waals surface area contributed by atoms with Gasteiger partial charge >= 0.3 is 0 Å². The summed E-state index contributed by atoms with van der Waals surface area (Å²) in [5.74, 6) is -1.58. The van der Waals surface area contributed by atoms with Crippen molar-refractivity contribution < 1.29 is 32.2 Å². The molecule has 0 aromatic carbocycles. The van der Waals surface area contributed by atoms with Gasteiger partial charge in [-0.1, -0.05) is 0 Å². The van der Waals surface area contributed by atoms with E-state index in [4.69, 9.17) is 10.2 Å². The maximum atomic E-state index is 11.2. The molecule has 0 amide bonds. The summed E-state index contributed by atoms with van der Waals surface area (Å²) in [5, 5.41) is 26.1. The van der Waals surface area contributed by atoms with Gasteiger partial charge in [0.05, 0.1) is 30.5 Å². The topological polar surface area (TPSA) is 129 Å². The number of hydrogen-bond donors (Lipinski definition) is 3. The van der Waals surface area contributed by atoms with Gasteiger partial charge in [0.25, 0.3) is 0 Å². The molecule has 0 saturated heterocycles.